The number of halogens is 1. The lowest BCUT2D eigenvalue weighted by Gasteiger charge is -2.23. The van der Waals surface area contributed by atoms with Crippen LogP contribution in [0.1, 0.15) is 23.8 Å². The monoisotopic (exact) mass is 224 g/mol. The first-order chi connectivity index (χ1) is 7.59. The second kappa shape index (κ2) is 4.17. The Morgan fingerprint density at radius 2 is 2.44 bits per heavy atom. The van der Waals surface area contributed by atoms with E-state index in [1.165, 1.54) is 18.2 Å². The Kier molecular flexibility index (Phi) is 2.87. The number of rotatable bonds is 2. The number of carbonyl (C=O) groups excluding carboxylic acids is 1. The number of ether oxygens (including phenoxy) is 1. The van der Waals surface area contributed by atoms with Gasteiger partial charge >= 0.3 is 0 Å². The first kappa shape index (κ1) is 11.0. The minimum Gasteiger partial charge on any atom is -0.379 e. The summed E-state index contributed by atoms with van der Waals surface area (Å²) in [4.78, 5) is 15.3. The average Bonchev–Trinajstić information content (AvgIpc) is 2.65. The fourth-order valence-electron chi connectivity index (χ4n) is 1.64. The van der Waals surface area contributed by atoms with Crippen LogP contribution in [0.4, 0.5) is 4.39 Å². The lowest BCUT2D eigenvalue weighted by molar-refractivity contribution is 0.0883. The maximum atomic E-state index is 12.8. The summed E-state index contributed by atoms with van der Waals surface area (Å²) in [6.07, 6.45) is 0.758. The van der Waals surface area contributed by atoms with Gasteiger partial charge in [0.05, 0.1) is 12.1 Å². The van der Waals surface area contributed by atoms with Crippen LogP contribution in [0, 0.1) is 5.95 Å². The summed E-state index contributed by atoms with van der Waals surface area (Å²) < 4.78 is 18.0. The van der Waals surface area contributed by atoms with Crippen LogP contribution >= 0.6 is 0 Å². The third-order valence-corrected chi connectivity index (χ3v) is 2.58. The molecule has 1 fully saturated rings. The summed E-state index contributed by atoms with van der Waals surface area (Å²) in [7, 11) is 0. The number of hydrogen-bond donors (Lipinski definition) is 1. The Balaban J connectivity index is 2.08. The number of nitrogens with one attached hydrogen (secondary N) is 1. The van der Waals surface area contributed by atoms with E-state index in [0.717, 1.165) is 6.42 Å². The average molecular weight is 224 g/mol. The first-order valence-corrected chi connectivity index (χ1v) is 5.12. The molecule has 2 rings (SSSR count). The Bertz CT molecular complexity index is 403. The van der Waals surface area contributed by atoms with Gasteiger partial charge in [-0.1, -0.05) is 6.07 Å². The molecule has 1 saturated heterocycles. The van der Waals surface area contributed by atoms with Gasteiger partial charge in [0, 0.05) is 6.61 Å². The van der Waals surface area contributed by atoms with Crippen LogP contribution in [0.5, 0.6) is 0 Å². The van der Waals surface area contributed by atoms with Gasteiger partial charge in [0.1, 0.15) is 5.69 Å². The molecule has 0 saturated carbocycles. The van der Waals surface area contributed by atoms with Crippen LogP contribution in [-0.2, 0) is 4.74 Å². The highest BCUT2D eigenvalue weighted by Gasteiger charge is 2.31. The fraction of sp³-hybridized carbons (Fsp3) is 0.455. The lowest BCUT2D eigenvalue weighted by Crippen LogP contribution is -2.46. The van der Waals surface area contributed by atoms with Crippen LogP contribution in [0.15, 0.2) is 18.2 Å². The summed E-state index contributed by atoms with van der Waals surface area (Å²) in [5, 5.41) is 2.81. The van der Waals surface area contributed by atoms with Gasteiger partial charge in [0.25, 0.3) is 5.91 Å². The molecule has 1 aromatic rings. The molecule has 1 atom stereocenters. The minimum absolute atomic E-state index is 0.0909. The number of amides is 1. The molecule has 0 aliphatic carbocycles. The molecule has 1 N–H and O–H groups in total. The van der Waals surface area contributed by atoms with Crippen molar-refractivity contribution in [3.63, 3.8) is 0 Å². The molecule has 1 aromatic heterocycles. The van der Waals surface area contributed by atoms with Crippen LogP contribution in [0.2, 0.25) is 0 Å². The fourth-order valence-corrected chi connectivity index (χ4v) is 1.64. The van der Waals surface area contributed by atoms with E-state index in [4.69, 9.17) is 4.74 Å². The van der Waals surface area contributed by atoms with E-state index in [2.05, 4.69) is 10.3 Å². The maximum Gasteiger partial charge on any atom is 0.270 e. The molecule has 1 unspecified atom stereocenters. The Morgan fingerprint density at radius 1 is 1.62 bits per heavy atom. The van der Waals surface area contributed by atoms with Gasteiger partial charge in [-0.05, 0) is 25.5 Å². The van der Waals surface area contributed by atoms with Crippen molar-refractivity contribution in [2.45, 2.75) is 18.9 Å². The number of carbonyl (C=O) groups is 1. The predicted molar refractivity (Wildman–Crippen MR) is 55.5 cm³/mol. The summed E-state index contributed by atoms with van der Waals surface area (Å²) in [5.41, 5.74) is -0.279. The highest BCUT2D eigenvalue weighted by molar-refractivity contribution is 5.92. The molecule has 0 bridgehead atoms. The minimum atomic E-state index is -0.652. The molecule has 16 heavy (non-hydrogen) atoms. The molecule has 2 heterocycles. The van der Waals surface area contributed by atoms with E-state index >= 15 is 0 Å². The summed E-state index contributed by atoms with van der Waals surface area (Å²) in [6.45, 7) is 3.01. The molecule has 86 valence electrons. The largest absolute Gasteiger partial charge is 0.379 e. The van der Waals surface area contributed by atoms with Crippen LogP contribution in [0.3, 0.4) is 0 Å². The van der Waals surface area contributed by atoms with Crippen molar-refractivity contribution in [3.05, 3.63) is 29.8 Å². The maximum absolute atomic E-state index is 12.8. The Labute approximate surface area is 92.8 Å². The molecule has 0 radical (unpaired) electrons. The van der Waals surface area contributed by atoms with E-state index in [9.17, 15) is 9.18 Å². The lowest BCUT2D eigenvalue weighted by atomic mass is 10.0. The van der Waals surface area contributed by atoms with Gasteiger partial charge in [0.15, 0.2) is 0 Å². The highest BCUT2D eigenvalue weighted by Crippen LogP contribution is 2.17. The topological polar surface area (TPSA) is 51.2 Å². The van der Waals surface area contributed by atoms with Gasteiger partial charge in [-0.25, -0.2) is 4.98 Å². The third-order valence-electron chi connectivity index (χ3n) is 2.58. The van der Waals surface area contributed by atoms with Crippen LogP contribution in [-0.4, -0.2) is 29.6 Å². The molecule has 1 aliphatic rings. The Morgan fingerprint density at radius 3 is 3.06 bits per heavy atom. The zero-order valence-corrected chi connectivity index (χ0v) is 9.00. The smallest absolute Gasteiger partial charge is 0.270 e. The zero-order valence-electron chi connectivity index (χ0n) is 9.00. The standard InChI is InChI=1S/C11H13FN2O2/c1-11(5-6-16-7-11)14-10(15)8-3-2-4-9(12)13-8/h2-4H,5-7H2,1H3,(H,14,15). The van der Waals surface area contributed by atoms with E-state index in [0.29, 0.717) is 13.2 Å². The molecule has 4 nitrogen and oxygen atoms in total. The Hall–Kier alpha value is -1.49. The normalized spacial score (nSPS) is 24.4. The number of aromatic nitrogens is 1. The summed E-state index contributed by atoms with van der Waals surface area (Å²) in [5.74, 6) is -1.02. The molecular formula is C11H13FN2O2. The predicted octanol–water partition coefficient (Wildman–Crippen LogP) is 1.13. The molecule has 0 spiro atoms. The van der Waals surface area contributed by atoms with Crippen molar-refractivity contribution in [2.24, 2.45) is 0 Å². The first-order valence-electron chi connectivity index (χ1n) is 5.12. The number of pyridine rings is 1. The van der Waals surface area contributed by atoms with Gasteiger partial charge in [-0.2, -0.15) is 4.39 Å². The SMILES string of the molecule is CC1(NC(=O)c2cccc(F)n2)CCOC1. The van der Waals surface area contributed by atoms with Crippen molar-refractivity contribution in [1.29, 1.82) is 0 Å². The summed E-state index contributed by atoms with van der Waals surface area (Å²) >= 11 is 0. The number of hydrogen-bond acceptors (Lipinski definition) is 3. The van der Waals surface area contributed by atoms with Crippen LogP contribution in [0.25, 0.3) is 0 Å². The van der Waals surface area contributed by atoms with Gasteiger partial charge in [0.2, 0.25) is 5.95 Å². The van der Waals surface area contributed by atoms with E-state index < -0.39 is 5.95 Å². The molecular weight excluding hydrogens is 211 g/mol. The van der Waals surface area contributed by atoms with E-state index in [-0.39, 0.29) is 17.1 Å². The van der Waals surface area contributed by atoms with Crippen molar-refractivity contribution in [2.75, 3.05) is 13.2 Å². The van der Waals surface area contributed by atoms with Gasteiger partial charge in [-0.15, -0.1) is 0 Å². The second-order valence-electron chi connectivity index (χ2n) is 4.16. The summed E-state index contributed by atoms with van der Waals surface area (Å²) in [6, 6.07) is 4.15. The van der Waals surface area contributed by atoms with Crippen molar-refractivity contribution < 1.29 is 13.9 Å². The molecule has 5 heteroatoms. The van der Waals surface area contributed by atoms with E-state index in [1.54, 1.807) is 0 Å². The second-order valence-corrected chi connectivity index (χ2v) is 4.16. The molecule has 1 aliphatic heterocycles. The molecule has 1 amide bonds. The van der Waals surface area contributed by atoms with Gasteiger partial charge in [-0.3, -0.25) is 4.79 Å². The quantitative estimate of drug-likeness (QED) is 0.766. The highest BCUT2D eigenvalue weighted by atomic mass is 19.1. The van der Waals surface area contributed by atoms with Crippen molar-refractivity contribution >= 4 is 5.91 Å². The van der Waals surface area contributed by atoms with E-state index in [1.807, 2.05) is 6.92 Å². The number of nitrogens with zero attached hydrogens (tertiary/aromatic N) is 1. The van der Waals surface area contributed by atoms with Gasteiger partial charge < -0.3 is 10.1 Å². The molecule has 0 aromatic carbocycles. The zero-order chi connectivity index (χ0) is 11.6. The van der Waals surface area contributed by atoms with Crippen molar-refractivity contribution in [3.8, 4) is 0 Å². The van der Waals surface area contributed by atoms with Crippen molar-refractivity contribution in [1.82, 2.24) is 10.3 Å². The third kappa shape index (κ3) is 2.36. The van der Waals surface area contributed by atoms with Crippen LogP contribution < -0.4 is 5.32 Å².